The van der Waals surface area contributed by atoms with E-state index in [0.717, 1.165) is 22.6 Å². The molecule has 0 saturated heterocycles. The molecule has 2 heterocycles. The molecule has 0 bridgehead atoms. The summed E-state index contributed by atoms with van der Waals surface area (Å²) in [5.41, 5.74) is 2.19. The smallest absolute Gasteiger partial charge is 0.450 e. The Morgan fingerprint density at radius 2 is 2.56 bits per heavy atom. The maximum absolute atomic E-state index is 10.4. The van der Waals surface area contributed by atoms with Crippen molar-refractivity contribution < 1.29 is 14.6 Å². The van der Waals surface area contributed by atoms with Gasteiger partial charge in [-0.2, -0.15) is 0 Å². The van der Waals surface area contributed by atoms with Crippen LogP contribution in [-0.4, -0.2) is 47.4 Å². The fourth-order valence-corrected chi connectivity index (χ4v) is 2.77. The molecule has 5 nitrogen and oxygen atoms in total. The summed E-state index contributed by atoms with van der Waals surface area (Å²) in [7, 11) is 1.96. The Balaban J connectivity index is 2.06. The lowest BCUT2D eigenvalue weighted by Crippen LogP contribution is -2.39. The molecule has 1 aromatic rings. The summed E-state index contributed by atoms with van der Waals surface area (Å²) in [6.07, 6.45) is 1.66. The third-order valence-corrected chi connectivity index (χ3v) is 4.03. The maximum Gasteiger partial charge on any atom is 0.505 e. The predicted octanol–water partition coefficient (Wildman–Crippen LogP) is 2.59. The van der Waals surface area contributed by atoms with Crippen LogP contribution in [0.25, 0.3) is 5.57 Å². The molecule has 1 aliphatic heterocycles. The molecule has 18 heavy (non-hydrogen) atoms. The number of hydrogen-bond donors (Lipinski definition) is 2. The molecule has 1 aliphatic rings. The number of aromatic nitrogens is 1. The van der Waals surface area contributed by atoms with Crippen molar-refractivity contribution in [2.24, 2.45) is 0 Å². The third kappa shape index (κ3) is 3.18. The summed E-state index contributed by atoms with van der Waals surface area (Å²) in [5.74, 6) is 0. The molecular weight excluding hydrogens is 272 g/mol. The average molecular weight is 286 g/mol. The van der Waals surface area contributed by atoms with Gasteiger partial charge in [0.1, 0.15) is 6.61 Å². The van der Waals surface area contributed by atoms with Gasteiger partial charge in [0.2, 0.25) is 0 Å². The maximum atomic E-state index is 10.4. The highest BCUT2D eigenvalue weighted by Gasteiger charge is 2.23. The van der Waals surface area contributed by atoms with Crippen LogP contribution in [0, 0.1) is 3.95 Å². The molecule has 0 radical (unpaired) electrons. The molecule has 2 N–H and O–H groups in total. The molecule has 0 aliphatic carbocycles. The molecule has 1 aromatic heterocycles. The summed E-state index contributed by atoms with van der Waals surface area (Å²) in [6.45, 7) is 0.966. The first-order valence-corrected chi connectivity index (χ1v) is 6.78. The van der Waals surface area contributed by atoms with Crippen molar-refractivity contribution in [3.05, 3.63) is 21.1 Å². The molecule has 1 unspecified atom stereocenters. The Morgan fingerprint density at radius 1 is 1.78 bits per heavy atom. The van der Waals surface area contributed by atoms with Crippen molar-refractivity contribution in [2.45, 2.75) is 12.5 Å². The second-order valence-corrected chi connectivity index (χ2v) is 5.71. The first-order valence-electron chi connectivity index (χ1n) is 5.49. The minimum Gasteiger partial charge on any atom is -0.450 e. The summed E-state index contributed by atoms with van der Waals surface area (Å²) >= 11 is 6.56. The molecular formula is C11H14N2O3S2. The number of carbonyl (C=O) groups is 1. The zero-order valence-corrected chi connectivity index (χ0v) is 11.5. The quantitative estimate of drug-likeness (QED) is 0.660. The van der Waals surface area contributed by atoms with E-state index in [1.165, 1.54) is 16.9 Å². The number of H-pyrrole nitrogens is 1. The Kier molecular flexibility index (Phi) is 4.15. The SMILES string of the molecule is CN1CC=C(c2csc(=S)[nH]2)CC1COC(=O)O. The van der Waals surface area contributed by atoms with Gasteiger partial charge in [-0.1, -0.05) is 6.08 Å². The lowest BCUT2D eigenvalue weighted by atomic mass is 9.99. The number of carboxylic acid groups (broad SMARTS) is 1. The lowest BCUT2D eigenvalue weighted by molar-refractivity contribution is 0.0644. The van der Waals surface area contributed by atoms with Gasteiger partial charge in [0.25, 0.3) is 0 Å². The van der Waals surface area contributed by atoms with Gasteiger partial charge in [-0.15, -0.1) is 11.3 Å². The number of nitrogens with zero attached hydrogens (tertiary/aromatic N) is 1. The Hall–Kier alpha value is -1.18. The van der Waals surface area contributed by atoms with Crippen LogP contribution in [0.4, 0.5) is 4.79 Å². The zero-order chi connectivity index (χ0) is 13.1. The van der Waals surface area contributed by atoms with Crippen molar-refractivity contribution in [3.63, 3.8) is 0 Å². The average Bonchev–Trinajstić information content (AvgIpc) is 2.74. The fraction of sp³-hybridized carbons (Fsp3) is 0.455. The van der Waals surface area contributed by atoms with E-state index in [2.05, 4.69) is 20.7 Å². The van der Waals surface area contributed by atoms with E-state index in [0.29, 0.717) is 0 Å². The lowest BCUT2D eigenvalue weighted by Gasteiger charge is -2.31. The van der Waals surface area contributed by atoms with Gasteiger partial charge >= 0.3 is 6.16 Å². The first-order chi connectivity index (χ1) is 8.56. The summed E-state index contributed by atoms with van der Waals surface area (Å²) in [6, 6.07) is 0.0722. The van der Waals surface area contributed by atoms with Crippen molar-refractivity contribution in [2.75, 3.05) is 20.2 Å². The molecule has 1 atom stereocenters. The topological polar surface area (TPSA) is 65.6 Å². The van der Waals surface area contributed by atoms with Gasteiger partial charge in [-0.3, -0.25) is 4.90 Å². The van der Waals surface area contributed by atoms with E-state index in [1.54, 1.807) is 0 Å². The van der Waals surface area contributed by atoms with Gasteiger partial charge in [-0.25, -0.2) is 4.79 Å². The molecule has 0 fully saturated rings. The molecule has 0 amide bonds. The van der Waals surface area contributed by atoms with Gasteiger partial charge in [0.05, 0.1) is 5.69 Å². The highest BCUT2D eigenvalue weighted by molar-refractivity contribution is 7.73. The zero-order valence-electron chi connectivity index (χ0n) is 9.88. The number of likely N-dealkylation sites (N-methyl/N-ethyl adjacent to an activating group) is 1. The number of rotatable bonds is 3. The fourth-order valence-electron chi connectivity index (χ4n) is 1.91. The highest BCUT2D eigenvalue weighted by Crippen LogP contribution is 2.26. The van der Waals surface area contributed by atoms with Crippen LogP contribution < -0.4 is 0 Å². The van der Waals surface area contributed by atoms with Crippen LogP contribution in [0.1, 0.15) is 12.1 Å². The van der Waals surface area contributed by atoms with Crippen LogP contribution in [-0.2, 0) is 4.74 Å². The van der Waals surface area contributed by atoms with E-state index < -0.39 is 6.16 Å². The van der Waals surface area contributed by atoms with Crippen LogP contribution in [0.5, 0.6) is 0 Å². The van der Waals surface area contributed by atoms with Gasteiger partial charge in [0.15, 0.2) is 3.95 Å². The molecule has 0 aromatic carbocycles. The Morgan fingerprint density at radius 3 is 3.17 bits per heavy atom. The van der Waals surface area contributed by atoms with Gasteiger partial charge < -0.3 is 14.8 Å². The van der Waals surface area contributed by atoms with Gasteiger partial charge in [-0.05, 0) is 31.3 Å². The van der Waals surface area contributed by atoms with Crippen LogP contribution in [0.2, 0.25) is 0 Å². The van der Waals surface area contributed by atoms with Crippen molar-refractivity contribution in [1.29, 1.82) is 0 Å². The van der Waals surface area contributed by atoms with Gasteiger partial charge in [0, 0.05) is 18.0 Å². The Bertz CT molecular complexity index is 520. The van der Waals surface area contributed by atoms with Crippen molar-refractivity contribution >= 4 is 35.3 Å². The molecule has 2 rings (SSSR count). The largest absolute Gasteiger partial charge is 0.505 e. The molecule has 7 heteroatoms. The monoisotopic (exact) mass is 286 g/mol. The van der Waals surface area contributed by atoms with E-state index in [9.17, 15) is 4.79 Å². The molecule has 0 spiro atoms. The number of nitrogens with one attached hydrogen (secondary N) is 1. The summed E-state index contributed by atoms with van der Waals surface area (Å²) < 4.78 is 5.41. The molecule has 0 saturated carbocycles. The number of thiazole rings is 1. The molecule has 98 valence electrons. The predicted molar refractivity (Wildman–Crippen MR) is 72.5 cm³/mol. The van der Waals surface area contributed by atoms with E-state index in [1.807, 2.05) is 12.4 Å². The second-order valence-electron chi connectivity index (χ2n) is 4.17. The van der Waals surface area contributed by atoms with E-state index in [4.69, 9.17) is 17.3 Å². The van der Waals surface area contributed by atoms with E-state index >= 15 is 0 Å². The summed E-state index contributed by atoms with van der Waals surface area (Å²) in [4.78, 5) is 15.6. The van der Waals surface area contributed by atoms with E-state index in [-0.39, 0.29) is 12.6 Å². The number of hydrogen-bond acceptors (Lipinski definition) is 5. The number of aromatic amines is 1. The van der Waals surface area contributed by atoms with Crippen LogP contribution in [0.15, 0.2) is 11.5 Å². The minimum absolute atomic E-state index is 0.0722. The Labute approximate surface area is 114 Å². The highest BCUT2D eigenvalue weighted by atomic mass is 32.1. The minimum atomic E-state index is -1.23. The number of ether oxygens (including phenoxy) is 1. The van der Waals surface area contributed by atoms with Crippen molar-refractivity contribution in [1.82, 2.24) is 9.88 Å². The normalized spacial score (nSPS) is 20.5. The standard InChI is InChI=1S/C11H14N2O3S2/c1-13-3-2-7(9-6-18-10(17)12-9)4-8(13)5-16-11(14)15/h2,6,8H,3-5H2,1H3,(H,12,17)(H,14,15). The van der Waals surface area contributed by atoms with Crippen molar-refractivity contribution in [3.8, 4) is 0 Å². The first kappa shape index (κ1) is 13.3. The second kappa shape index (κ2) is 5.64. The van der Waals surface area contributed by atoms with Crippen LogP contribution >= 0.6 is 23.6 Å². The van der Waals surface area contributed by atoms with Crippen LogP contribution in [0.3, 0.4) is 0 Å². The third-order valence-electron chi connectivity index (χ3n) is 2.97. The summed E-state index contributed by atoms with van der Waals surface area (Å²) in [5, 5.41) is 10.5.